The summed E-state index contributed by atoms with van der Waals surface area (Å²) in [5.74, 6) is -0.103. The van der Waals surface area contributed by atoms with Gasteiger partial charge in [-0.3, -0.25) is 9.59 Å². The molecule has 0 bridgehead atoms. The maximum atomic E-state index is 11.7. The van der Waals surface area contributed by atoms with Gasteiger partial charge in [0.05, 0.1) is 0 Å². The third-order valence-corrected chi connectivity index (χ3v) is 2.70. The molecule has 0 atom stereocenters. The number of hydrogen-bond donors (Lipinski definition) is 1. The first-order valence-corrected chi connectivity index (χ1v) is 6.18. The Kier molecular flexibility index (Phi) is 5.38. The highest BCUT2D eigenvalue weighted by Crippen LogP contribution is 2.05. The van der Waals surface area contributed by atoms with Crippen LogP contribution in [0.15, 0.2) is 12.2 Å². The van der Waals surface area contributed by atoms with Gasteiger partial charge in [-0.05, 0) is 6.42 Å². The Morgan fingerprint density at radius 2 is 1.81 bits per heavy atom. The molecule has 1 heterocycles. The highest BCUT2D eigenvalue weighted by atomic mass is 32.1. The van der Waals surface area contributed by atoms with Gasteiger partial charge in [-0.15, -0.1) is 0 Å². The van der Waals surface area contributed by atoms with Crippen LogP contribution in [0.5, 0.6) is 0 Å². The topological polar surface area (TPSA) is 40.6 Å². The summed E-state index contributed by atoms with van der Waals surface area (Å²) >= 11 is 4.04. The summed E-state index contributed by atoms with van der Waals surface area (Å²) in [6, 6.07) is 0. The molecule has 1 aliphatic heterocycles. The minimum atomic E-state index is -0.386. The molecule has 5 heteroatoms. The lowest BCUT2D eigenvalue weighted by Gasteiger charge is -2.32. The summed E-state index contributed by atoms with van der Waals surface area (Å²) in [5.41, 5.74) is 0. The second-order valence-electron chi connectivity index (χ2n) is 3.70. The number of rotatable bonds is 5. The normalized spacial score (nSPS) is 17.6. The molecular weight excluding hydrogens is 224 g/mol. The lowest BCUT2D eigenvalue weighted by atomic mass is 10.2. The fourth-order valence-corrected chi connectivity index (χ4v) is 1.80. The Labute approximate surface area is 102 Å². The quantitative estimate of drug-likeness (QED) is 0.434. The van der Waals surface area contributed by atoms with E-state index in [4.69, 9.17) is 0 Å². The third kappa shape index (κ3) is 3.27. The molecule has 90 valence electrons. The van der Waals surface area contributed by atoms with Gasteiger partial charge in [0.1, 0.15) is 0 Å². The molecule has 4 nitrogen and oxygen atoms in total. The van der Waals surface area contributed by atoms with Crippen LogP contribution in [0.25, 0.3) is 0 Å². The van der Waals surface area contributed by atoms with E-state index in [-0.39, 0.29) is 11.8 Å². The molecule has 1 fully saturated rings. The molecule has 2 amide bonds. The molecule has 0 aromatic heterocycles. The van der Waals surface area contributed by atoms with Crippen LogP contribution in [0, 0.1) is 0 Å². The smallest absolute Gasteiger partial charge is 0.312 e. The molecule has 0 spiro atoms. The predicted molar refractivity (Wildman–Crippen MR) is 66.4 cm³/mol. The Bertz CT molecular complexity index is 292. The highest BCUT2D eigenvalue weighted by molar-refractivity contribution is 7.80. The number of carbonyl (C=O) groups is 2. The second kappa shape index (κ2) is 6.58. The number of amides is 2. The number of hydrogen-bond acceptors (Lipinski definition) is 3. The van der Waals surface area contributed by atoms with E-state index >= 15 is 0 Å². The van der Waals surface area contributed by atoms with E-state index in [1.165, 1.54) is 0 Å². The number of carbonyl (C=O) groups excluding carboxylic acids is 2. The number of thiol groups is 1. The third-order valence-electron chi connectivity index (χ3n) is 2.49. The Hall–Kier alpha value is -0.970. The maximum Gasteiger partial charge on any atom is 0.312 e. The molecule has 0 unspecified atom stereocenters. The molecule has 1 saturated heterocycles. The van der Waals surface area contributed by atoms with E-state index in [0.29, 0.717) is 31.9 Å². The predicted octanol–water partition coefficient (Wildman–Crippen LogP) is 0.553. The standard InChI is InChI=1S/C11H18N2O2S/c1-2-5-12-7-8-13(6-3-4-9-16)11(15)10(12)14/h3-4,16H,2,5-9H2,1H3/b4-3+. The van der Waals surface area contributed by atoms with Crippen molar-refractivity contribution >= 4 is 24.4 Å². The first-order valence-electron chi connectivity index (χ1n) is 5.54. The number of nitrogens with zero attached hydrogens (tertiary/aromatic N) is 2. The summed E-state index contributed by atoms with van der Waals surface area (Å²) in [7, 11) is 0. The lowest BCUT2D eigenvalue weighted by Crippen LogP contribution is -2.54. The molecule has 1 aliphatic rings. The van der Waals surface area contributed by atoms with Crippen molar-refractivity contribution in [1.82, 2.24) is 9.80 Å². The van der Waals surface area contributed by atoms with Crippen molar-refractivity contribution in [1.29, 1.82) is 0 Å². The van der Waals surface area contributed by atoms with Crippen LogP contribution in [0.2, 0.25) is 0 Å². The molecule has 0 saturated carbocycles. The second-order valence-corrected chi connectivity index (χ2v) is 4.06. The Morgan fingerprint density at radius 3 is 2.44 bits per heavy atom. The van der Waals surface area contributed by atoms with Gasteiger partial charge >= 0.3 is 11.8 Å². The largest absolute Gasteiger partial charge is 0.333 e. The van der Waals surface area contributed by atoms with E-state index < -0.39 is 0 Å². The molecule has 0 radical (unpaired) electrons. The average molecular weight is 242 g/mol. The number of piperazine rings is 1. The zero-order valence-electron chi connectivity index (χ0n) is 9.56. The van der Waals surface area contributed by atoms with Crippen molar-refractivity contribution in [2.75, 3.05) is 31.9 Å². The Morgan fingerprint density at radius 1 is 1.19 bits per heavy atom. The van der Waals surface area contributed by atoms with Crippen molar-refractivity contribution in [3.63, 3.8) is 0 Å². The first-order chi connectivity index (χ1) is 7.70. The molecular formula is C11H18N2O2S. The van der Waals surface area contributed by atoms with Crippen LogP contribution in [-0.2, 0) is 9.59 Å². The van der Waals surface area contributed by atoms with E-state index in [0.717, 1.165) is 6.42 Å². The fraction of sp³-hybridized carbons (Fsp3) is 0.636. The summed E-state index contributed by atoms with van der Waals surface area (Å²) < 4.78 is 0. The highest BCUT2D eigenvalue weighted by Gasteiger charge is 2.30. The molecule has 0 N–H and O–H groups in total. The van der Waals surface area contributed by atoms with Crippen LogP contribution in [-0.4, -0.2) is 53.5 Å². The fourth-order valence-electron chi connectivity index (χ4n) is 1.65. The summed E-state index contributed by atoms with van der Waals surface area (Å²) in [6.45, 7) is 4.45. The van der Waals surface area contributed by atoms with E-state index in [2.05, 4.69) is 12.6 Å². The van der Waals surface area contributed by atoms with Gasteiger partial charge in [-0.25, -0.2) is 0 Å². The molecule has 16 heavy (non-hydrogen) atoms. The van der Waals surface area contributed by atoms with Gasteiger partial charge in [0.25, 0.3) is 0 Å². The lowest BCUT2D eigenvalue weighted by molar-refractivity contribution is -0.155. The van der Waals surface area contributed by atoms with Gasteiger partial charge < -0.3 is 9.80 Å². The van der Waals surface area contributed by atoms with Crippen molar-refractivity contribution in [2.45, 2.75) is 13.3 Å². The molecule has 0 aliphatic carbocycles. The van der Waals surface area contributed by atoms with Crippen LogP contribution in [0.1, 0.15) is 13.3 Å². The minimum Gasteiger partial charge on any atom is -0.333 e. The van der Waals surface area contributed by atoms with Gasteiger partial charge in [0.2, 0.25) is 0 Å². The zero-order chi connectivity index (χ0) is 12.0. The van der Waals surface area contributed by atoms with Gasteiger partial charge in [0, 0.05) is 31.9 Å². The zero-order valence-corrected chi connectivity index (χ0v) is 10.4. The van der Waals surface area contributed by atoms with Crippen LogP contribution >= 0.6 is 12.6 Å². The first kappa shape index (κ1) is 13.1. The van der Waals surface area contributed by atoms with E-state index in [9.17, 15) is 9.59 Å². The minimum absolute atomic E-state index is 0.368. The molecule has 0 aromatic rings. The monoisotopic (exact) mass is 242 g/mol. The van der Waals surface area contributed by atoms with Crippen LogP contribution in [0.4, 0.5) is 0 Å². The Balaban J connectivity index is 2.51. The van der Waals surface area contributed by atoms with Crippen LogP contribution in [0.3, 0.4) is 0 Å². The summed E-state index contributed by atoms with van der Waals surface area (Å²) in [4.78, 5) is 26.5. The van der Waals surface area contributed by atoms with E-state index in [1.54, 1.807) is 9.80 Å². The van der Waals surface area contributed by atoms with Crippen molar-refractivity contribution in [3.8, 4) is 0 Å². The van der Waals surface area contributed by atoms with Crippen molar-refractivity contribution in [2.24, 2.45) is 0 Å². The van der Waals surface area contributed by atoms with Gasteiger partial charge in [0.15, 0.2) is 0 Å². The maximum absolute atomic E-state index is 11.7. The van der Waals surface area contributed by atoms with Gasteiger partial charge in [-0.2, -0.15) is 12.6 Å². The summed E-state index contributed by atoms with van der Waals surface area (Å²) in [6.07, 6.45) is 4.63. The van der Waals surface area contributed by atoms with Crippen molar-refractivity contribution < 1.29 is 9.59 Å². The SMILES string of the molecule is CCCN1CCN(C/C=C/CS)C(=O)C1=O. The van der Waals surface area contributed by atoms with E-state index in [1.807, 2.05) is 19.1 Å². The summed E-state index contributed by atoms with van der Waals surface area (Å²) in [5, 5.41) is 0. The van der Waals surface area contributed by atoms with Gasteiger partial charge in [-0.1, -0.05) is 19.1 Å². The molecule has 0 aromatic carbocycles. The van der Waals surface area contributed by atoms with Crippen molar-refractivity contribution in [3.05, 3.63) is 12.2 Å². The average Bonchev–Trinajstić information content (AvgIpc) is 2.28. The molecule has 1 rings (SSSR count). The van der Waals surface area contributed by atoms with Crippen LogP contribution < -0.4 is 0 Å².